The van der Waals surface area contributed by atoms with Crippen LogP contribution in [0, 0.1) is 0 Å². The van der Waals surface area contributed by atoms with Crippen LogP contribution in [0.25, 0.3) is 0 Å². The largest absolute Gasteiger partial charge is 0.508 e. The molecule has 0 aromatic heterocycles. The monoisotopic (exact) mass is 249 g/mol. The maximum absolute atomic E-state index is 9.69. The van der Waals surface area contributed by atoms with Crippen molar-refractivity contribution in [2.24, 2.45) is 5.73 Å². The van der Waals surface area contributed by atoms with Crippen molar-refractivity contribution in [1.82, 2.24) is 0 Å². The van der Waals surface area contributed by atoms with E-state index >= 15 is 0 Å². The second kappa shape index (κ2) is 5.72. The van der Waals surface area contributed by atoms with Gasteiger partial charge in [-0.2, -0.15) is 0 Å². The van der Waals surface area contributed by atoms with Crippen molar-refractivity contribution in [3.63, 3.8) is 0 Å². The summed E-state index contributed by atoms with van der Waals surface area (Å²) >= 11 is 0. The Morgan fingerprint density at radius 2 is 2.06 bits per heavy atom. The summed E-state index contributed by atoms with van der Waals surface area (Å²) in [5.74, 6) is 0.307. The Morgan fingerprint density at radius 1 is 1.33 bits per heavy atom. The molecule has 1 saturated carbocycles. The number of phenolic OH excluding ortho intramolecular Hbond substituents is 1. The summed E-state index contributed by atoms with van der Waals surface area (Å²) in [5, 5.41) is 9.69. The average Bonchev–Trinajstić information content (AvgIpc) is 2.40. The molecule has 1 unspecified atom stereocenters. The minimum Gasteiger partial charge on any atom is -0.508 e. The maximum atomic E-state index is 9.69. The van der Waals surface area contributed by atoms with Crippen LogP contribution in [-0.2, 0) is 10.2 Å². The smallest absolute Gasteiger partial charge is 0.115 e. The van der Waals surface area contributed by atoms with Crippen molar-refractivity contribution in [2.75, 3.05) is 6.61 Å². The van der Waals surface area contributed by atoms with E-state index in [1.807, 2.05) is 19.1 Å². The van der Waals surface area contributed by atoms with Crippen molar-refractivity contribution < 1.29 is 9.84 Å². The van der Waals surface area contributed by atoms with Crippen LogP contribution < -0.4 is 5.73 Å². The molecule has 0 saturated heterocycles. The highest BCUT2D eigenvalue weighted by Crippen LogP contribution is 2.42. The molecule has 1 aromatic carbocycles. The van der Waals surface area contributed by atoms with E-state index in [1.165, 1.54) is 19.3 Å². The summed E-state index contributed by atoms with van der Waals surface area (Å²) in [6.07, 6.45) is 5.41. The third-order valence-corrected chi connectivity index (χ3v) is 4.06. The van der Waals surface area contributed by atoms with Crippen LogP contribution >= 0.6 is 0 Å². The molecule has 0 bridgehead atoms. The normalized spacial score (nSPS) is 20.6. The van der Waals surface area contributed by atoms with Crippen LogP contribution in [0.5, 0.6) is 5.75 Å². The molecule has 3 heteroatoms. The van der Waals surface area contributed by atoms with Crippen LogP contribution in [0.2, 0.25) is 0 Å². The number of ether oxygens (including phenoxy) is 1. The van der Waals surface area contributed by atoms with Gasteiger partial charge in [0.2, 0.25) is 0 Å². The molecular formula is C15H23NO2. The zero-order chi connectivity index (χ0) is 13.0. The van der Waals surface area contributed by atoms with Gasteiger partial charge in [0, 0.05) is 12.0 Å². The Kier molecular flexibility index (Phi) is 4.25. The molecule has 1 fully saturated rings. The molecule has 0 amide bonds. The highest BCUT2D eigenvalue weighted by atomic mass is 16.5. The van der Waals surface area contributed by atoms with E-state index in [0.717, 1.165) is 18.4 Å². The molecule has 0 spiro atoms. The van der Waals surface area contributed by atoms with Gasteiger partial charge in [0.15, 0.2) is 0 Å². The summed E-state index contributed by atoms with van der Waals surface area (Å²) < 4.78 is 5.68. The number of aromatic hydroxyl groups is 1. The summed E-state index contributed by atoms with van der Waals surface area (Å²) in [6.45, 7) is 2.60. The lowest BCUT2D eigenvalue weighted by Crippen LogP contribution is -2.48. The molecule has 0 aliphatic heterocycles. The summed E-state index contributed by atoms with van der Waals surface area (Å²) in [7, 11) is 0. The maximum Gasteiger partial charge on any atom is 0.115 e. The number of nitrogens with two attached hydrogens (primary N) is 1. The first-order chi connectivity index (χ1) is 8.69. The van der Waals surface area contributed by atoms with Gasteiger partial charge in [-0.1, -0.05) is 31.4 Å². The van der Waals surface area contributed by atoms with Crippen LogP contribution in [-0.4, -0.2) is 17.9 Å². The van der Waals surface area contributed by atoms with Crippen LogP contribution in [0.4, 0.5) is 0 Å². The van der Waals surface area contributed by atoms with Crippen LogP contribution in [0.1, 0.15) is 44.6 Å². The van der Waals surface area contributed by atoms with E-state index in [9.17, 15) is 5.11 Å². The number of hydrogen-bond donors (Lipinski definition) is 2. The lowest BCUT2D eigenvalue weighted by Gasteiger charge is -2.42. The first kappa shape index (κ1) is 13.4. The van der Waals surface area contributed by atoms with Gasteiger partial charge in [0.25, 0.3) is 0 Å². The van der Waals surface area contributed by atoms with Crippen molar-refractivity contribution in [3.8, 4) is 5.75 Å². The molecule has 2 rings (SSSR count). The number of benzene rings is 1. The number of rotatable bonds is 4. The fourth-order valence-electron chi connectivity index (χ4n) is 3.07. The lowest BCUT2D eigenvalue weighted by atomic mass is 9.68. The molecule has 1 aromatic rings. The highest BCUT2D eigenvalue weighted by Gasteiger charge is 2.40. The average molecular weight is 249 g/mol. The molecule has 1 atom stereocenters. The first-order valence-electron chi connectivity index (χ1n) is 6.86. The highest BCUT2D eigenvalue weighted by molar-refractivity contribution is 5.34. The predicted molar refractivity (Wildman–Crippen MR) is 72.5 cm³/mol. The Labute approximate surface area is 109 Å². The van der Waals surface area contributed by atoms with Gasteiger partial charge in [0.1, 0.15) is 12.0 Å². The van der Waals surface area contributed by atoms with Gasteiger partial charge >= 0.3 is 0 Å². The molecule has 3 N–H and O–H groups in total. The Balaban J connectivity index is 2.34. The molecule has 0 radical (unpaired) electrons. The van der Waals surface area contributed by atoms with Gasteiger partial charge in [0.05, 0.1) is 0 Å². The van der Waals surface area contributed by atoms with E-state index in [1.54, 1.807) is 6.07 Å². The number of phenols is 1. The van der Waals surface area contributed by atoms with E-state index in [-0.39, 0.29) is 11.6 Å². The zero-order valence-corrected chi connectivity index (χ0v) is 11.1. The topological polar surface area (TPSA) is 55.5 Å². The van der Waals surface area contributed by atoms with E-state index in [2.05, 4.69) is 6.07 Å². The third-order valence-electron chi connectivity index (χ3n) is 4.06. The lowest BCUT2D eigenvalue weighted by molar-refractivity contribution is -0.00937. The fourth-order valence-corrected chi connectivity index (χ4v) is 3.07. The minimum absolute atomic E-state index is 0.132. The molecule has 0 heterocycles. The summed E-state index contributed by atoms with van der Waals surface area (Å²) in [4.78, 5) is 0. The molecular weight excluding hydrogens is 226 g/mol. The second-order valence-corrected chi connectivity index (χ2v) is 5.14. The quantitative estimate of drug-likeness (QED) is 0.807. The molecule has 1 aliphatic carbocycles. The van der Waals surface area contributed by atoms with Gasteiger partial charge in [-0.15, -0.1) is 0 Å². The second-order valence-electron chi connectivity index (χ2n) is 5.14. The third kappa shape index (κ3) is 2.52. The Bertz CT molecular complexity index is 386. The van der Waals surface area contributed by atoms with E-state index in [0.29, 0.717) is 12.4 Å². The Morgan fingerprint density at radius 3 is 2.67 bits per heavy atom. The van der Waals surface area contributed by atoms with E-state index < -0.39 is 0 Å². The van der Waals surface area contributed by atoms with E-state index in [4.69, 9.17) is 10.5 Å². The van der Waals surface area contributed by atoms with Gasteiger partial charge in [-0.25, -0.2) is 0 Å². The van der Waals surface area contributed by atoms with Crippen molar-refractivity contribution >= 4 is 0 Å². The Hall–Kier alpha value is -1.06. The van der Waals surface area contributed by atoms with Crippen molar-refractivity contribution in [1.29, 1.82) is 0 Å². The van der Waals surface area contributed by atoms with Crippen molar-refractivity contribution in [2.45, 2.75) is 50.7 Å². The van der Waals surface area contributed by atoms with Gasteiger partial charge < -0.3 is 15.6 Å². The molecule has 3 nitrogen and oxygen atoms in total. The van der Waals surface area contributed by atoms with Gasteiger partial charge in [-0.3, -0.25) is 0 Å². The molecule has 100 valence electrons. The minimum atomic E-state index is -0.287. The SMILES string of the molecule is CCOC(N)C1(c2cccc(O)c2)CCCCC1. The first-order valence-corrected chi connectivity index (χ1v) is 6.86. The van der Waals surface area contributed by atoms with Crippen molar-refractivity contribution in [3.05, 3.63) is 29.8 Å². The zero-order valence-electron chi connectivity index (χ0n) is 11.1. The fraction of sp³-hybridized carbons (Fsp3) is 0.600. The number of hydrogen-bond acceptors (Lipinski definition) is 3. The van der Waals surface area contributed by atoms with Gasteiger partial charge in [-0.05, 0) is 37.5 Å². The summed E-state index contributed by atoms with van der Waals surface area (Å²) in [5.41, 5.74) is 7.25. The van der Waals surface area contributed by atoms with Crippen LogP contribution in [0.15, 0.2) is 24.3 Å². The predicted octanol–water partition coefficient (Wildman–Crippen LogP) is 2.92. The molecule has 1 aliphatic rings. The molecule has 18 heavy (non-hydrogen) atoms. The van der Waals surface area contributed by atoms with Crippen LogP contribution in [0.3, 0.4) is 0 Å². The summed E-state index contributed by atoms with van der Waals surface area (Å²) in [6, 6.07) is 7.49. The standard InChI is InChI=1S/C15H23NO2/c1-2-18-14(16)15(9-4-3-5-10-15)12-7-6-8-13(17)11-12/h6-8,11,14,17H,2-5,9-10,16H2,1H3.